The fraction of sp³-hybridized carbons (Fsp3) is 0.565. The Morgan fingerprint density at radius 3 is 2.87 bits per heavy atom. The predicted molar refractivity (Wildman–Crippen MR) is 120 cm³/mol. The molecule has 2 heterocycles. The number of aromatic nitrogens is 2. The Morgan fingerprint density at radius 1 is 1.37 bits per heavy atom. The van der Waals surface area contributed by atoms with Crippen LogP contribution in [0.15, 0.2) is 16.6 Å². The van der Waals surface area contributed by atoms with Crippen molar-refractivity contribution in [2.45, 2.75) is 64.6 Å². The monoisotopic (exact) mass is 475 g/mol. The fourth-order valence-electron chi connectivity index (χ4n) is 4.70. The lowest BCUT2D eigenvalue weighted by Crippen LogP contribution is -2.54. The molecule has 0 bridgehead atoms. The summed E-state index contributed by atoms with van der Waals surface area (Å²) >= 11 is 3.66. The van der Waals surface area contributed by atoms with E-state index in [9.17, 15) is 4.79 Å². The van der Waals surface area contributed by atoms with E-state index in [1.54, 1.807) is 7.11 Å². The first-order valence-corrected chi connectivity index (χ1v) is 11.5. The molecule has 2 aliphatic rings. The molecule has 2 aromatic rings. The van der Waals surface area contributed by atoms with E-state index < -0.39 is 5.54 Å². The van der Waals surface area contributed by atoms with Crippen LogP contribution in [-0.2, 0) is 28.9 Å². The van der Waals surface area contributed by atoms with Gasteiger partial charge in [0.05, 0.1) is 35.1 Å². The zero-order chi connectivity index (χ0) is 21.5. The minimum Gasteiger partial charge on any atom is -0.496 e. The number of carbonyl (C=O) groups is 1. The highest BCUT2D eigenvalue weighted by atomic mass is 79.9. The van der Waals surface area contributed by atoms with Gasteiger partial charge in [0.1, 0.15) is 11.9 Å². The Labute approximate surface area is 186 Å². The summed E-state index contributed by atoms with van der Waals surface area (Å²) in [5, 5.41) is 5.09. The molecule has 7 heteroatoms. The van der Waals surface area contributed by atoms with E-state index in [-0.39, 0.29) is 6.10 Å². The van der Waals surface area contributed by atoms with Crippen LogP contribution in [0.5, 0.6) is 5.75 Å². The number of fused-ring (bicyclic) bond motifs is 3. The van der Waals surface area contributed by atoms with Crippen molar-refractivity contribution in [2.75, 3.05) is 20.3 Å². The maximum atomic E-state index is 11.7. The Hall–Kier alpha value is -1.86. The van der Waals surface area contributed by atoms with Gasteiger partial charge in [-0.25, -0.2) is 0 Å². The molecule has 1 aromatic heterocycles. The zero-order valence-electron chi connectivity index (χ0n) is 18.2. The van der Waals surface area contributed by atoms with Gasteiger partial charge in [-0.3, -0.25) is 9.48 Å². The number of rotatable bonds is 6. The maximum absolute atomic E-state index is 11.7. The van der Waals surface area contributed by atoms with E-state index >= 15 is 0 Å². The van der Waals surface area contributed by atoms with Crippen LogP contribution in [0.1, 0.15) is 56.5 Å². The van der Waals surface area contributed by atoms with Gasteiger partial charge in [0.15, 0.2) is 0 Å². The summed E-state index contributed by atoms with van der Waals surface area (Å²) in [6.45, 7) is 8.35. The lowest BCUT2D eigenvalue weighted by Gasteiger charge is -2.45. The summed E-state index contributed by atoms with van der Waals surface area (Å²) in [5.74, 6) is 0.857. The quantitative estimate of drug-likeness (QED) is 0.575. The van der Waals surface area contributed by atoms with E-state index in [1.807, 2.05) is 4.90 Å². The first-order chi connectivity index (χ1) is 14.4. The van der Waals surface area contributed by atoms with Crippen LogP contribution in [0, 0.1) is 0 Å². The molecule has 1 aliphatic carbocycles. The van der Waals surface area contributed by atoms with Gasteiger partial charge >= 0.3 is 0 Å². The summed E-state index contributed by atoms with van der Waals surface area (Å²) in [7, 11) is 1.70. The Kier molecular flexibility index (Phi) is 5.95. The van der Waals surface area contributed by atoms with Gasteiger partial charge in [-0.1, -0.05) is 13.3 Å². The molecule has 0 radical (unpaired) electrons. The highest BCUT2D eigenvalue weighted by Crippen LogP contribution is 2.45. The van der Waals surface area contributed by atoms with Crippen LogP contribution in [-0.4, -0.2) is 46.9 Å². The molecule has 0 spiro atoms. The van der Waals surface area contributed by atoms with Gasteiger partial charge < -0.3 is 14.4 Å². The standard InChI is InChI=1S/C23H30BrN3O3/c1-5-6-9-27-21-16(8-7-15-12-19(29-4)18(24)13-17(15)21)20(25-27)22-23(2,3)26(14-28)10-11-30-22/h12-14,22H,5-11H2,1-4H3. The Morgan fingerprint density at radius 2 is 2.17 bits per heavy atom. The minimum atomic E-state index is -0.446. The number of methoxy groups -OCH3 is 1. The molecule has 30 heavy (non-hydrogen) atoms. The van der Waals surface area contributed by atoms with Gasteiger partial charge in [-0.05, 0) is 66.7 Å². The second-order valence-electron chi connectivity index (χ2n) is 8.64. The smallest absolute Gasteiger partial charge is 0.210 e. The fourth-order valence-corrected chi connectivity index (χ4v) is 5.20. The summed E-state index contributed by atoms with van der Waals surface area (Å²) < 4.78 is 14.9. The van der Waals surface area contributed by atoms with Crippen molar-refractivity contribution in [3.05, 3.63) is 33.4 Å². The Balaban J connectivity index is 1.86. The molecule has 1 atom stereocenters. The third kappa shape index (κ3) is 3.46. The molecule has 1 amide bonds. The average Bonchev–Trinajstić information content (AvgIpc) is 3.10. The van der Waals surface area contributed by atoms with Crippen LogP contribution in [0.2, 0.25) is 0 Å². The van der Waals surface area contributed by atoms with Gasteiger partial charge in [-0.15, -0.1) is 0 Å². The largest absolute Gasteiger partial charge is 0.496 e. The molecule has 1 saturated heterocycles. The molecule has 1 aliphatic heterocycles. The van der Waals surface area contributed by atoms with Gasteiger partial charge in [0.2, 0.25) is 6.41 Å². The first kappa shape index (κ1) is 21.4. The highest BCUT2D eigenvalue weighted by molar-refractivity contribution is 9.10. The SMILES string of the molecule is CCCCn1nc(C2OCCN(C=O)C2(C)C)c2c1-c1cc(Br)c(OC)cc1CC2. The van der Waals surface area contributed by atoms with Crippen LogP contribution >= 0.6 is 15.9 Å². The topological polar surface area (TPSA) is 56.6 Å². The summed E-state index contributed by atoms with van der Waals surface area (Å²) in [5.41, 5.74) is 5.46. The predicted octanol–water partition coefficient (Wildman–Crippen LogP) is 4.53. The van der Waals surface area contributed by atoms with Crippen molar-refractivity contribution < 1.29 is 14.3 Å². The van der Waals surface area contributed by atoms with Gasteiger partial charge in [-0.2, -0.15) is 5.10 Å². The number of benzene rings is 1. The van der Waals surface area contributed by atoms with Crippen molar-refractivity contribution in [1.29, 1.82) is 0 Å². The number of aryl methyl sites for hydroxylation is 2. The molecule has 1 unspecified atom stereocenters. The summed E-state index contributed by atoms with van der Waals surface area (Å²) in [6, 6.07) is 4.29. The molecule has 1 fully saturated rings. The van der Waals surface area contributed by atoms with Crippen molar-refractivity contribution in [3.63, 3.8) is 0 Å². The second-order valence-corrected chi connectivity index (χ2v) is 9.49. The lowest BCUT2D eigenvalue weighted by atomic mass is 9.84. The molecule has 6 nitrogen and oxygen atoms in total. The number of hydrogen-bond acceptors (Lipinski definition) is 4. The van der Waals surface area contributed by atoms with Crippen molar-refractivity contribution in [3.8, 4) is 17.0 Å². The number of hydrogen-bond donors (Lipinski definition) is 0. The number of halogens is 1. The van der Waals surface area contributed by atoms with Crippen LogP contribution in [0.3, 0.4) is 0 Å². The molecular formula is C23H30BrN3O3. The molecule has 1 aromatic carbocycles. The number of unbranched alkanes of at least 4 members (excludes halogenated alkanes) is 1. The van der Waals surface area contributed by atoms with Crippen LogP contribution in [0.4, 0.5) is 0 Å². The van der Waals surface area contributed by atoms with E-state index in [1.165, 1.54) is 22.4 Å². The van der Waals surface area contributed by atoms with Crippen molar-refractivity contribution >= 4 is 22.3 Å². The number of ether oxygens (including phenoxy) is 2. The number of carbonyl (C=O) groups excluding carboxylic acids is 1. The van der Waals surface area contributed by atoms with Crippen LogP contribution < -0.4 is 4.74 Å². The van der Waals surface area contributed by atoms with Gasteiger partial charge in [0, 0.05) is 24.2 Å². The van der Waals surface area contributed by atoms with E-state index in [2.05, 4.69) is 53.5 Å². The van der Waals surface area contributed by atoms with Gasteiger partial charge in [0.25, 0.3) is 0 Å². The van der Waals surface area contributed by atoms with Crippen molar-refractivity contribution in [2.24, 2.45) is 0 Å². The third-order valence-corrected chi connectivity index (χ3v) is 7.08. The third-order valence-electron chi connectivity index (χ3n) is 6.46. The highest BCUT2D eigenvalue weighted by Gasteiger charge is 2.44. The zero-order valence-corrected chi connectivity index (χ0v) is 19.8. The summed E-state index contributed by atoms with van der Waals surface area (Å²) in [6.07, 6.45) is 4.71. The number of morpholine rings is 1. The van der Waals surface area contributed by atoms with Crippen LogP contribution in [0.25, 0.3) is 11.3 Å². The van der Waals surface area contributed by atoms with E-state index in [0.29, 0.717) is 13.2 Å². The maximum Gasteiger partial charge on any atom is 0.210 e. The Bertz CT molecular complexity index is 954. The summed E-state index contributed by atoms with van der Waals surface area (Å²) in [4.78, 5) is 13.5. The average molecular weight is 476 g/mol. The lowest BCUT2D eigenvalue weighted by molar-refractivity contribution is -0.147. The minimum absolute atomic E-state index is 0.240. The van der Waals surface area contributed by atoms with E-state index in [4.69, 9.17) is 14.6 Å². The molecule has 0 saturated carbocycles. The van der Waals surface area contributed by atoms with Crippen molar-refractivity contribution in [1.82, 2.24) is 14.7 Å². The first-order valence-electron chi connectivity index (χ1n) is 10.7. The molecular weight excluding hydrogens is 446 g/mol. The molecule has 162 valence electrons. The second kappa shape index (κ2) is 8.35. The number of nitrogens with zero attached hydrogens (tertiary/aromatic N) is 3. The molecule has 4 rings (SSSR count). The molecule has 0 N–H and O–H groups in total. The normalized spacial score (nSPS) is 19.9. The van der Waals surface area contributed by atoms with E-state index in [0.717, 1.165) is 54.6 Å². The number of amides is 1.